The lowest BCUT2D eigenvalue weighted by atomic mass is 10.2. The van der Waals surface area contributed by atoms with E-state index in [4.69, 9.17) is 61.6 Å². The molecular weight excluding hydrogens is 747 g/mol. The normalized spacial score (nSPS) is 11.5. The van der Waals surface area contributed by atoms with Crippen LogP contribution in [-0.4, -0.2) is 176 Å². The van der Waals surface area contributed by atoms with E-state index in [0.717, 1.165) is 13.0 Å². The van der Waals surface area contributed by atoms with Crippen LogP contribution in [0, 0.1) is 0 Å². The number of esters is 1. The van der Waals surface area contributed by atoms with Gasteiger partial charge in [0.1, 0.15) is 0 Å². The maximum atomic E-state index is 11.2. The largest absolute Gasteiger partial charge is 0.466 e. The second kappa shape index (κ2) is 44.7. The monoisotopic (exact) mass is 812 g/mol. The SMILES string of the molecule is CCOC(=O)CCOCCOCCOCCOCCOCCOCCOCCOCCOCCOCCOCCOCCCCCCI. The van der Waals surface area contributed by atoms with Gasteiger partial charge in [0.2, 0.25) is 0 Å². The Morgan fingerprint density at radius 3 is 0.875 bits per heavy atom. The topological polar surface area (TPSA) is 137 Å². The van der Waals surface area contributed by atoms with Gasteiger partial charge >= 0.3 is 5.97 Å². The zero-order chi connectivity index (χ0) is 34.7. The lowest BCUT2D eigenvalue weighted by Crippen LogP contribution is -2.15. The molecular formula is C33H65IO14. The van der Waals surface area contributed by atoms with Crippen molar-refractivity contribution in [3.8, 4) is 0 Å². The third-order valence-corrected chi connectivity index (χ3v) is 6.78. The number of unbranched alkanes of at least 4 members (excludes halogenated alkanes) is 3. The van der Waals surface area contributed by atoms with Crippen molar-refractivity contribution in [1.82, 2.24) is 0 Å². The Bertz CT molecular complexity index is 609. The first-order valence-corrected chi connectivity index (χ1v) is 19.0. The van der Waals surface area contributed by atoms with E-state index in [0.29, 0.717) is 159 Å². The van der Waals surface area contributed by atoms with E-state index in [1.807, 2.05) is 0 Å². The summed E-state index contributed by atoms with van der Waals surface area (Å²) in [6.45, 7) is 14.6. The maximum Gasteiger partial charge on any atom is 0.308 e. The highest BCUT2D eigenvalue weighted by Crippen LogP contribution is 2.02. The quantitative estimate of drug-likeness (QED) is 0.0386. The van der Waals surface area contributed by atoms with Crippen LogP contribution in [0.5, 0.6) is 0 Å². The van der Waals surface area contributed by atoms with Crippen molar-refractivity contribution in [2.45, 2.75) is 39.0 Å². The summed E-state index contributed by atoms with van der Waals surface area (Å²) in [6, 6.07) is 0. The number of carbonyl (C=O) groups is 1. The number of alkyl halides is 1. The Hall–Kier alpha value is -0.280. The van der Waals surface area contributed by atoms with Gasteiger partial charge in [-0.05, 0) is 24.2 Å². The van der Waals surface area contributed by atoms with Crippen LogP contribution in [-0.2, 0) is 66.4 Å². The molecule has 0 spiro atoms. The minimum absolute atomic E-state index is 0.250. The lowest BCUT2D eigenvalue weighted by Gasteiger charge is -2.09. The Balaban J connectivity index is 3.06. The molecule has 0 unspecified atom stereocenters. The molecule has 48 heavy (non-hydrogen) atoms. The molecule has 0 aliphatic rings. The molecule has 0 atom stereocenters. The van der Waals surface area contributed by atoms with Crippen molar-refractivity contribution in [3.05, 3.63) is 0 Å². The highest BCUT2D eigenvalue weighted by atomic mass is 127. The van der Waals surface area contributed by atoms with E-state index in [2.05, 4.69) is 22.6 Å². The van der Waals surface area contributed by atoms with Gasteiger partial charge < -0.3 is 61.6 Å². The molecule has 0 saturated carbocycles. The summed E-state index contributed by atoms with van der Waals surface area (Å²) in [7, 11) is 0. The molecule has 0 rings (SSSR count). The molecule has 0 heterocycles. The van der Waals surface area contributed by atoms with Crippen LogP contribution in [0.2, 0.25) is 0 Å². The standard InChI is InChI=1S/C33H65IO14/c1-2-48-33(35)7-10-37-12-14-39-16-18-41-20-22-43-24-26-45-28-30-47-32-31-46-29-27-44-25-23-42-21-19-40-17-15-38-13-11-36-9-6-4-3-5-8-34/h2-32H2,1H3. The van der Waals surface area contributed by atoms with Crippen molar-refractivity contribution in [1.29, 1.82) is 0 Å². The van der Waals surface area contributed by atoms with E-state index in [1.165, 1.54) is 23.7 Å². The molecule has 0 N–H and O–H groups in total. The van der Waals surface area contributed by atoms with Gasteiger partial charge in [-0.1, -0.05) is 35.4 Å². The third kappa shape index (κ3) is 43.7. The number of halogens is 1. The van der Waals surface area contributed by atoms with Crippen molar-refractivity contribution in [2.75, 3.05) is 170 Å². The summed E-state index contributed by atoms with van der Waals surface area (Å²) in [5, 5.41) is 0. The third-order valence-electron chi connectivity index (χ3n) is 6.02. The molecule has 288 valence electrons. The molecule has 0 saturated heterocycles. The molecule has 0 bridgehead atoms. The van der Waals surface area contributed by atoms with Gasteiger partial charge in [0, 0.05) is 6.61 Å². The van der Waals surface area contributed by atoms with Crippen LogP contribution in [0.3, 0.4) is 0 Å². The number of rotatable bonds is 43. The van der Waals surface area contributed by atoms with Gasteiger partial charge in [-0.3, -0.25) is 4.79 Å². The second-order valence-corrected chi connectivity index (χ2v) is 11.1. The summed E-state index contributed by atoms with van der Waals surface area (Å²) in [5.74, 6) is -0.250. The van der Waals surface area contributed by atoms with Crippen molar-refractivity contribution < 1.29 is 66.4 Å². The molecule has 0 fully saturated rings. The van der Waals surface area contributed by atoms with Gasteiger partial charge in [0.15, 0.2) is 0 Å². The van der Waals surface area contributed by atoms with Crippen molar-refractivity contribution >= 4 is 28.6 Å². The average Bonchev–Trinajstić information content (AvgIpc) is 3.09. The molecule has 0 aliphatic heterocycles. The number of carbonyl (C=O) groups excluding carboxylic acids is 1. The fourth-order valence-electron chi connectivity index (χ4n) is 3.56. The Labute approximate surface area is 302 Å². The first-order chi connectivity index (χ1) is 23.8. The van der Waals surface area contributed by atoms with Crippen LogP contribution in [0.1, 0.15) is 39.0 Å². The van der Waals surface area contributed by atoms with Gasteiger partial charge in [0.25, 0.3) is 0 Å². The minimum atomic E-state index is -0.250. The zero-order valence-electron chi connectivity index (χ0n) is 29.5. The van der Waals surface area contributed by atoms with Crippen LogP contribution >= 0.6 is 22.6 Å². The van der Waals surface area contributed by atoms with Gasteiger partial charge in [-0.25, -0.2) is 0 Å². The summed E-state index contributed by atoms with van der Waals surface area (Å²) < 4.78 is 71.6. The molecule has 0 radical (unpaired) electrons. The number of hydrogen-bond donors (Lipinski definition) is 0. The van der Waals surface area contributed by atoms with Crippen molar-refractivity contribution in [3.63, 3.8) is 0 Å². The summed E-state index contributed by atoms with van der Waals surface area (Å²) in [4.78, 5) is 11.2. The lowest BCUT2D eigenvalue weighted by molar-refractivity contribution is -0.144. The second-order valence-electron chi connectivity index (χ2n) is 10.0. The minimum Gasteiger partial charge on any atom is -0.466 e. The zero-order valence-corrected chi connectivity index (χ0v) is 31.7. The molecule has 0 amide bonds. The molecule has 14 nitrogen and oxygen atoms in total. The first kappa shape index (κ1) is 47.7. The highest BCUT2D eigenvalue weighted by Gasteiger charge is 2.01. The smallest absolute Gasteiger partial charge is 0.308 e. The van der Waals surface area contributed by atoms with Gasteiger partial charge in [0.05, 0.1) is 165 Å². The Morgan fingerprint density at radius 1 is 0.354 bits per heavy atom. The van der Waals surface area contributed by atoms with Gasteiger partial charge in [-0.15, -0.1) is 0 Å². The molecule has 15 heteroatoms. The summed E-state index contributed by atoms with van der Waals surface area (Å²) in [6.07, 6.45) is 5.22. The first-order valence-electron chi connectivity index (χ1n) is 17.5. The number of hydrogen-bond acceptors (Lipinski definition) is 14. The Kier molecular flexibility index (Phi) is 44.5. The van der Waals surface area contributed by atoms with Crippen LogP contribution in [0.25, 0.3) is 0 Å². The summed E-state index contributed by atoms with van der Waals surface area (Å²) >= 11 is 2.42. The van der Waals surface area contributed by atoms with E-state index in [-0.39, 0.29) is 12.4 Å². The van der Waals surface area contributed by atoms with E-state index < -0.39 is 0 Å². The predicted octanol–water partition coefficient (Wildman–Crippen LogP) is 3.13. The average molecular weight is 813 g/mol. The van der Waals surface area contributed by atoms with E-state index >= 15 is 0 Å². The molecule has 0 aromatic heterocycles. The highest BCUT2D eigenvalue weighted by molar-refractivity contribution is 14.1. The molecule has 0 aliphatic carbocycles. The molecule has 0 aromatic carbocycles. The maximum absolute atomic E-state index is 11.2. The van der Waals surface area contributed by atoms with Crippen LogP contribution in [0.15, 0.2) is 0 Å². The van der Waals surface area contributed by atoms with Crippen molar-refractivity contribution in [2.24, 2.45) is 0 Å². The fraction of sp³-hybridized carbons (Fsp3) is 0.970. The van der Waals surface area contributed by atoms with E-state index in [9.17, 15) is 4.79 Å². The van der Waals surface area contributed by atoms with Gasteiger partial charge in [-0.2, -0.15) is 0 Å². The van der Waals surface area contributed by atoms with Crippen LogP contribution in [0.4, 0.5) is 0 Å². The van der Waals surface area contributed by atoms with E-state index in [1.54, 1.807) is 6.92 Å². The number of ether oxygens (including phenoxy) is 13. The Morgan fingerprint density at radius 2 is 0.604 bits per heavy atom. The molecule has 0 aromatic rings. The summed E-state index contributed by atoms with van der Waals surface area (Å²) in [5.41, 5.74) is 0. The predicted molar refractivity (Wildman–Crippen MR) is 188 cm³/mol. The fourth-order valence-corrected chi connectivity index (χ4v) is 4.10. The van der Waals surface area contributed by atoms with Crippen LogP contribution < -0.4 is 0 Å².